The van der Waals surface area contributed by atoms with Gasteiger partial charge in [-0.1, -0.05) is 12.1 Å². The summed E-state index contributed by atoms with van der Waals surface area (Å²) in [7, 11) is 0. The van der Waals surface area contributed by atoms with Gasteiger partial charge in [0.15, 0.2) is 0 Å². The highest BCUT2D eigenvalue weighted by molar-refractivity contribution is 7.98. The topological polar surface area (TPSA) is 110 Å². The van der Waals surface area contributed by atoms with Crippen LogP contribution in [0.25, 0.3) is 10.8 Å². The van der Waals surface area contributed by atoms with Crippen molar-refractivity contribution < 1.29 is 19.6 Å². The number of carboxylic acids is 1. The van der Waals surface area contributed by atoms with Gasteiger partial charge < -0.3 is 10.4 Å². The summed E-state index contributed by atoms with van der Waals surface area (Å²) in [5, 5.41) is 23.6. The first-order valence-corrected chi connectivity index (χ1v) is 8.53. The number of carboxylic acid groups (broad SMARTS) is 1. The van der Waals surface area contributed by atoms with Crippen LogP contribution in [0.5, 0.6) is 0 Å². The van der Waals surface area contributed by atoms with E-state index in [9.17, 15) is 24.8 Å². The number of rotatable bonds is 7. The molecule has 0 fully saturated rings. The number of nitro groups is 1. The first kappa shape index (κ1) is 17.7. The first-order valence-electron chi connectivity index (χ1n) is 7.14. The number of nitrogens with one attached hydrogen (secondary N) is 1. The molecule has 0 aromatic heterocycles. The van der Waals surface area contributed by atoms with Crippen molar-refractivity contribution in [2.45, 2.75) is 12.5 Å². The van der Waals surface area contributed by atoms with E-state index < -0.39 is 22.8 Å². The van der Waals surface area contributed by atoms with E-state index in [0.29, 0.717) is 22.9 Å². The van der Waals surface area contributed by atoms with Gasteiger partial charge in [-0.2, -0.15) is 11.8 Å². The summed E-state index contributed by atoms with van der Waals surface area (Å²) in [5.74, 6) is -0.991. The maximum atomic E-state index is 12.4. The smallest absolute Gasteiger partial charge is 0.326 e. The number of benzene rings is 2. The number of thioether (sulfide) groups is 1. The number of nitro benzene ring substituents is 1. The van der Waals surface area contributed by atoms with Crippen molar-refractivity contribution in [1.82, 2.24) is 5.32 Å². The Morgan fingerprint density at radius 1 is 1.33 bits per heavy atom. The molecular weight excluding hydrogens is 332 g/mol. The lowest BCUT2D eigenvalue weighted by Gasteiger charge is -2.15. The van der Waals surface area contributed by atoms with Crippen LogP contribution in [-0.4, -0.2) is 40.0 Å². The van der Waals surface area contributed by atoms with Crippen LogP contribution in [-0.2, 0) is 4.79 Å². The lowest BCUT2D eigenvalue weighted by atomic mass is 10.0. The van der Waals surface area contributed by atoms with Gasteiger partial charge >= 0.3 is 5.97 Å². The molecule has 2 rings (SSSR count). The number of amides is 1. The number of non-ortho nitro benzene ring substituents is 1. The SMILES string of the molecule is CSCC[C@H](NC(=O)c1cccc2cc([N+](=O)[O-])ccc12)C(=O)O. The highest BCUT2D eigenvalue weighted by atomic mass is 32.2. The minimum Gasteiger partial charge on any atom is -0.480 e. The summed E-state index contributed by atoms with van der Waals surface area (Å²) in [6.45, 7) is 0. The molecule has 0 radical (unpaired) electrons. The number of hydrogen-bond donors (Lipinski definition) is 2. The molecular formula is C16H16N2O5S. The van der Waals surface area contributed by atoms with E-state index in [1.165, 1.54) is 30.0 Å². The monoisotopic (exact) mass is 348 g/mol. The molecule has 2 aromatic carbocycles. The lowest BCUT2D eigenvalue weighted by Crippen LogP contribution is -2.41. The molecule has 0 spiro atoms. The van der Waals surface area contributed by atoms with Crippen molar-refractivity contribution in [3.8, 4) is 0 Å². The van der Waals surface area contributed by atoms with Crippen LogP contribution in [0.3, 0.4) is 0 Å². The zero-order valence-corrected chi connectivity index (χ0v) is 13.7. The fraction of sp³-hybridized carbons (Fsp3) is 0.250. The molecule has 24 heavy (non-hydrogen) atoms. The van der Waals surface area contributed by atoms with Gasteiger partial charge in [0.2, 0.25) is 0 Å². The van der Waals surface area contributed by atoms with Crippen LogP contribution >= 0.6 is 11.8 Å². The summed E-state index contributed by atoms with van der Waals surface area (Å²) >= 11 is 1.50. The number of carbonyl (C=O) groups excluding carboxylic acids is 1. The van der Waals surface area contributed by atoms with E-state index in [-0.39, 0.29) is 11.3 Å². The Hall–Kier alpha value is -2.61. The van der Waals surface area contributed by atoms with Gasteiger partial charge in [-0.05, 0) is 41.3 Å². The molecule has 126 valence electrons. The number of nitrogens with zero attached hydrogens (tertiary/aromatic N) is 1. The number of aliphatic carboxylic acids is 1. The highest BCUT2D eigenvalue weighted by Crippen LogP contribution is 2.24. The molecule has 1 amide bonds. The molecule has 0 saturated carbocycles. The van der Waals surface area contributed by atoms with Gasteiger partial charge in [-0.3, -0.25) is 14.9 Å². The molecule has 0 aliphatic carbocycles. The Kier molecular flexibility index (Phi) is 5.75. The van der Waals surface area contributed by atoms with Crippen LogP contribution in [0, 0.1) is 10.1 Å². The van der Waals surface area contributed by atoms with E-state index in [4.69, 9.17) is 0 Å². The predicted molar refractivity (Wildman–Crippen MR) is 92.5 cm³/mol. The molecule has 7 nitrogen and oxygen atoms in total. The van der Waals surface area contributed by atoms with E-state index in [1.807, 2.05) is 6.26 Å². The third-order valence-electron chi connectivity index (χ3n) is 3.53. The number of hydrogen-bond acceptors (Lipinski definition) is 5. The Morgan fingerprint density at radius 2 is 2.08 bits per heavy atom. The quantitative estimate of drug-likeness (QED) is 0.588. The number of carbonyl (C=O) groups is 2. The van der Waals surface area contributed by atoms with Crippen LogP contribution in [0.1, 0.15) is 16.8 Å². The van der Waals surface area contributed by atoms with Gasteiger partial charge in [0, 0.05) is 17.7 Å². The summed E-state index contributed by atoms with van der Waals surface area (Å²) in [6, 6.07) is 8.07. The van der Waals surface area contributed by atoms with E-state index in [1.54, 1.807) is 18.2 Å². The fourth-order valence-corrected chi connectivity index (χ4v) is 2.78. The van der Waals surface area contributed by atoms with Gasteiger partial charge in [-0.15, -0.1) is 0 Å². The van der Waals surface area contributed by atoms with E-state index in [0.717, 1.165) is 0 Å². The standard InChI is InChI=1S/C16H16N2O5S/c1-24-8-7-14(16(20)21)17-15(19)13-4-2-3-10-9-11(18(22)23)5-6-12(10)13/h2-6,9,14H,7-8H2,1H3,(H,17,19)(H,20,21)/t14-/m0/s1. The largest absolute Gasteiger partial charge is 0.480 e. The molecule has 0 bridgehead atoms. The van der Waals surface area contributed by atoms with Crippen molar-refractivity contribution in [2.24, 2.45) is 0 Å². The molecule has 1 atom stereocenters. The molecule has 2 N–H and O–H groups in total. The number of fused-ring (bicyclic) bond motifs is 1. The lowest BCUT2D eigenvalue weighted by molar-refractivity contribution is -0.384. The average molecular weight is 348 g/mol. The first-order chi connectivity index (χ1) is 11.4. The van der Waals surface area contributed by atoms with Gasteiger partial charge in [0.25, 0.3) is 11.6 Å². The zero-order valence-electron chi connectivity index (χ0n) is 12.9. The van der Waals surface area contributed by atoms with Crippen molar-refractivity contribution in [1.29, 1.82) is 0 Å². The van der Waals surface area contributed by atoms with E-state index in [2.05, 4.69) is 5.32 Å². The third-order valence-corrected chi connectivity index (χ3v) is 4.18. The Bertz CT molecular complexity index is 793. The van der Waals surface area contributed by atoms with Crippen LogP contribution < -0.4 is 5.32 Å². The third kappa shape index (κ3) is 4.02. The predicted octanol–water partition coefficient (Wildman–Crippen LogP) is 2.68. The van der Waals surface area contributed by atoms with Crippen LogP contribution in [0.15, 0.2) is 36.4 Å². The normalized spacial score (nSPS) is 11.9. The maximum Gasteiger partial charge on any atom is 0.326 e. The van der Waals surface area contributed by atoms with Gasteiger partial charge in [0.05, 0.1) is 4.92 Å². The van der Waals surface area contributed by atoms with Crippen molar-refractivity contribution in [3.05, 3.63) is 52.1 Å². The maximum absolute atomic E-state index is 12.4. The van der Waals surface area contributed by atoms with Crippen molar-refractivity contribution in [2.75, 3.05) is 12.0 Å². The second-order valence-electron chi connectivity index (χ2n) is 5.11. The van der Waals surface area contributed by atoms with Crippen LogP contribution in [0.2, 0.25) is 0 Å². The fourth-order valence-electron chi connectivity index (χ4n) is 2.31. The van der Waals surface area contributed by atoms with E-state index >= 15 is 0 Å². The Balaban J connectivity index is 2.32. The second-order valence-corrected chi connectivity index (χ2v) is 6.10. The summed E-state index contributed by atoms with van der Waals surface area (Å²) in [4.78, 5) is 34.0. The molecule has 0 unspecified atom stereocenters. The van der Waals surface area contributed by atoms with Gasteiger partial charge in [-0.25, -0.2) is 4.79 Å². The molecule has 0 aliphatic rings. The molecule has 0 aliphatic heterocycles. The summed E-state index contributed by atoms with van der Waals surface area (Å²) in [6.07, 6.45) is 2.18. The Labute approximate surface area is 142 Å². The molecule has 8 heteroatoms. The molecule has 2 aromatic rings. The average Bonchev–Trinajstić information content (AvgIpc) is 2.56. The second kappa shape index (κ2) is 7.78. The molecule has 0 heterocycles. The Morgan fingerprint density at radius 3 is 2.71 bits per heavy atom. The van der Waals surface area contributed by atoms with Gasteiger partial charge in [0.1, 0.15) is 6.04 Å². The molecule has 0 saturated heterocycles. The summed E-state index contributed by atoms with van der Waals surface area (Å²) in [5.41, 5.74) is 0.223. The summed E-state index contributed by atoms with van der Waals surface area (Å²) < 4.78 is 0. The zero-order chi connectivity index (χ0) is 17.7. The van der Waals surface area contributed by atoms with Crippen molar-refractivity contribution in [3.63, 3.8) is 0 Å². The van der Waals surface area contributed by atoms with Crippen molar-refractivity contribution >= 4 is 40.1 Å². The minimum absolute atomic E-state index is 0.0663. The minimum atomic E-state index is -1.09. The van der Waals surface area contributed by atoms with Crippen LogP contribution in [0.4, 0.5) is 5.69 Å². The highest BCUT2D eigenvalue weighted by Gasteiger charge is 2.21.